The molecule has 0 saturated carbocycles. The molecule has 13 heavy (non-hydrogen) atoms. The minimum atomic E-state index is -1.90. The molecule has 0 aliphatic rings. The zero-order valence-electron chi connectivity index (χ0n) is 7.11. The average Bonchev–Trinajstić information content (AvgIpc) is 2.04. The van der Waals surface area contributed by atoms with Gasteiger partial charge < -0.3 is 18.8 Å². The molecule has 0 aromatic heterocycles. The topological polar surface area (TPSA) is 77.4 Å². The first kappa shape index (κ1) is 20.8. The Hall–Kier alpha value is 2.41. The molecule has 0 bridgehead atoms. The van der Waals surface area contributed by atoms with E-state index in [0.717, 1.165) is 0 Å². The van der Waals surface area contributed by atoms with Gasteiger partial charge in [0.25, 0.3) is 0 Å². The minimum absolute atomic E-state index is 0. The van der Waals surface area contributed by atoms with Gasteiger partial charge in [-0.3, -0.25) is 9.05 Å². The third kappa shape index (κ3) is 14.4. The van der Waals surface area contributed by atoms with Gasteiger partial charge in [0.05, 0.1) is 0 Å². The monoisotopic (exact) mass is 477 g/mol. The molecule has 77 valence electrons. The van der Waals surface area contributed by atoms with Gasteiger partial charge in [-0.05, 0) is 0 Å². The van der Waals surface area contributed by atoms with Gasteiger partial charge >= 0.3 is 17.2 Å². The molecule has 0 amide bonds. The average molecular weight is 477 g/mol. The maximum absolute atomic E-state index is 8.67. The Bertz CT molecular complexity index is 91.9. The fraction of sp³-hybridized carbons (Fsp3) is 1.00. The van der Waals surface area contributed by atoms with E-state index in [-0.39, 0.29) is 60.6 Å². The van der Waals surface area contributed by atoms with Gasteiger partial charge in [-0.15, -0.1) is 0 Å². The summed E-state index contributed by atoms with van der Waals surface area (Å²) in [5.74, 6) is 0. The second-order valence-electron chi connectivity index (χ2n) is 1.22. The van der Waals surface area contributed by atoms with Crippen molar-refractivity contribution in [1.29, 1.82) is 0 Å². The fourth-order valence-corrected chi connectivity index (χ4v) is 0.799. The molecule has 0 aliphatic carbocycles. The summed E-state index contributed by atoms with van der Waals surface area (Å²) in [4.78, 5) is 17.3. The quantitative estimate of drug-likeness (QED) is 0.434. The van der Waals surface area contributed by atoms with Crippen molar-refractivity contribution in [2.24, 2.45) is 0 Å². The van der Waals surface area contributed by atoms with E-state index in [4.69, 9.17) is 9.79 Å². The fourth-order valence-electron chi connectivity index (χ4n) is 0.219. The zero-order chi connectivity index (χ0) is 8.69. The Morgan fingerprint density at radius 3 is 1.54 bits per heavy atom. The van der Waals surface area contributed by atoms with Crippen LogP contribution in [-0.4, -0.2) is 30.8 Å². The van der Waals surface area contributed by atoms with Gasteiger partial charge in [-0.2, -0.15) is 0 Å². The number of rotatable bonds is 6. The summed E-state index contributed by atoms with van der Waals surface area (Å²) in [7, 11) is -1.20. The van der Waals surface area contributed by atoms with Gasteiger partial charge in [-0.1, -0.05) is 0 Å². The summed E-state index contributed by atoms with van der Waals surface area (Å²) in [6, 6.07) is 0. The van der Waals surface area contributed by atoms with Crippen molar-refractivity contribution in [1.82, 2.24) is 0 Å². The van der Waals surface area contributed by atoms with Gasteiger partial charge in [0.15, 0.2) is 6.79 Å². The standard InChI is InChI=1S/C3H10O6P2.W.Y/c1-6-10(4)8-3-9-11(5)7-2;;/h4-5H,3H2,1-2H3;;. The van der Waals surface area contributed by atoms with Crippen LogP contribution in [0.15, 0.2) is 0 Å². The van der Waals surface area contributed by atoms with Crippen molar-refractivity contribution in [2.75, 3.05) is 21.0 Å². The van der Waals surface area contributed by atoms with Crippen molar-refractivity contribution in [3.8, 4) is 0 Å². The SMILES string of the molecule is COP(O)OCOP(O)OC.[W].[Y]. The van der Waals surface area contributed by atoms with Gasteiger partial charge in [-0.25, -0.2) is 0 Å². The van der Waals surface area contributed by atoms with E-state index in [1.807, 2.05) is 0 Å². The smallest absolute Gasteiger partial charge is 0.328 e. The molecule has 0 aromatic rings. The van der Waals surface area contributed by atoms with Crippen LogP contribution in [0.1, 0.15) is 0 Å². The Morgan fingerprint density at radius 1 is 1.00 bits per heavy atom. The van der Waals surface area contributed by atoms with Crippen molar-refractivity contribution in [2.45, 2.75) is 0 Å². The summed E-state index contributed by atoms with van der Waals surface area (Å²) < 4.78 is 17.8. The van der Waals surface area contributed by atoms with Crippen molar-refractivity contribution < 1.29 is 81.7 Å². The van der Waals surface area contributed by atoms with E-state index in [2.05, 4.69) is 18.1 Å². The molecule has 0 rings (SSSR count). The van der Waals surface area contributed by atoms with Crippen LogP contribution in [-0.2, 0) is 71.9 Å². The van der Waals surface area contributed by atoms with E-state index in [1.165, 1.54) is 14.2 Å². The first-order valence-corrected chi connectivity index (χ1v) is 4.78. The van der Waals surface area contributed by atoms with Gasteiger partial charge in [0.2, 0.25) is 0 Å². The molecule has 0 heterocycles. The molecule has 1 radical (unpaired) electrons. The minimum Gasteiger partial charge on any atom is -0.328 e. The van der Waals surface area contributed by atoms with Gasteiger partial charge in [0.1, 0.15) is 0 Å². The molecule has 0 saturated heterocycles. The second kappa shape index (κ2) is 14.4. The Labute approximate surface area is 119 Å². The van der Waals surface area contributed by atoms with E-state index in [1.54, 1.807) is 0 Å². The van der Waals surface area contributed by atoms with Crippen molar-refractivity contribution >= 4 is 17.2 Å². The van der Waals surface area contributed by atoms with Crippen LogP contribution in [0.4, 0.5) is 0 Å². The largest absolute Gasteiger partial charge is 0.331 e. The van der Waals surface area contributed by atoms with Crippen LogP contribution in [0, 0.1) is 0 Å². The molecular weight excluding hydrogens is 467 g/mol. The Balaban J connectivity index is -0.000000500. The normalized spacial score (nSPS) is 13.8. The summed E-state index contributed by atoms with van der Waals surface area (Å²) in [5.41, 5.74) is 0. The molecular formula is C3H10O6P2WY. The second-order valence-corrected chi connectivity index (χ2v) is 3.41. The Morgan fingerprint density at radius 2 is 1.31 bits per heavy atom. The molecule has 2 unspecified atom stereocenters. The first-order chi connectivity index (χ1) is 5.20. The van der Waals surface area contributed by atoms with Crippen LogP contribution in [0.25, 0.3) is 0 Å². The zero-order valence-corrected chi connectivity index (χ0v) is 14.7. The van der Waals surface area contributed by atoms with Crippen LogP contribution >= 0.6 is 17.2 Å². The van der Waals surface area contributed by atoms with Gasteiger partial charge in [0, 0.05) is 68.0 Å². The molecule has 2 N–H and O–H groups in total. The first-order valence-electron chi connectivity index (χ1n) is 2.52. The predicted molar refractivity (Wildman–Crippen MR) is 39.3 cm³/mol. The van der Waals surface area contributed by atoms with Crippen LogP contribution in [0.3, 0.4) is 0 Å². The molecule has 2 atom stereocenters. The molecule has 6 nitrogen and oxygen atoms in total. The third-order valence-corrected chi connectivity index (χ3v) is 1.92. The van der Waals surface area contributed by atoms with Crippen LogP contribution in [0.2, 0.25) is 0 Å². The third-order valence-electron chi connectivity index (χ3n) is 0.639. The number of hydrogen-bond acceptors (Lipinski definition) is 6. The van der Waals surface area contributed by atoms with Crippen molar-refractivity contribution in [3.05, 3.63) is 0 Å². The summed E-state index contributed by atoms with van der Waals surface area (Å²) in [5, 5.41) is 0. The summed E-state index contributed by atoms with van der Waals surface area (Å²) >= 11 is 0. The molecule has 10 heteroatoms. The van der Waals surface area contributed by atoms with Crippen molar-refractivity contribution in [3.63, 3.8) is 0 Å². The summed E-state index contributed by atoms with van der Waals surface area (Å²) in [6.45, 7) is -0.258. The van der Waals surface area contributed by atoms with Crippen LogP contribution < -0.4 is 0 Å². The molecule has 0 aliphatic heterocycles. The Kier molecular flexibility index (Phi) is 23.0. The van der Waals surface area contributed by atoms with E-state index < -0.39 is 17.2 Å². The summed E-state index contributed by atoms with van der Waals surface area (Å²) in [6.07, 6.45) is 0. The van der Waals surface area contributed by atoms with Crippen LogP contribution in [0.5, 0.6) is 0 Å². The number of hydrogen-bond donors (Lipinski definition) is 2. The van der Waals surface area contributed by atoms with E-state index >= 15 is 0 Å². The van der Waals surface area contributed by atoms with E-state index in [0.29, 0.717) is 0 Å². The predicted octanol–water partition coefficient (Wildman–Crippen LogP) is 0.703. The maximum Gasteiger partial charge on any atom is 0.331 e. The molecule has 0 fully saturated rings. The van der Waals surface area contributed by atoms with E-state index in [9.17, 15) is 0 Å². The molecule has 0 aromatic carbocycles. The maximum atomic E-state index is 8.67. The molecule has 0 spiro atoms.